The summed E-state index contributed by atoms with van der Waals surface area (Å²) < 4.78 is 5.25. The minimum Gasteiger partial charge on any atom is -0.497 e. The molecule has 148 valence electrons. The number of fused-ring (bicyclic) bond motifs is 1. The van der Waals surface area contributed by atoms with Crippen molar-refractivity contribution in [2.75, 3.05) is 18.6 Å². The highest BCUT2D eigenvalue weighted by atomic mass is 35.5. The van der Waals surface area contributed by atoms with Gasteiger partial charge in [-0.3, -0.25) is 9.59 Å². The van der Waals surface area contributed by atoms with Gasteiger partial charge in [-0.15, -0.1) is 0 Å². The molecule has 1 heterocycles. The Bertz CT molecular complexity index is 1080. The van der Waals surface area contributed by atoms with Crippen LogP contribution in [0, 0.1) is 5.92 Å². The zero-order valence-corrected chi connectivity index (χ0v) is 16.8. The summed E-state index contributed by atoms with van der Waals surface area (Å²) in [7, 11) is 1.64. The first-order valence-corrected chi connectivity index (χ1v) is 9.82. The fraction of sp³-hybridized carbons (Fsp3) is 0.217. The number of methoxy groups -OCH3 is 1. The van der Waals surface area contributed by atoms with Crippen LogP contribution in [0.15, 0.2) is 60.7 Å². The number of anilines is 1. The molecule has 6 heteroatoms. The molecular weight excluding hydrogens is 388 g/mol. The quantitative estimate of drug-likeness (QED) is 0.689. The number of hydrogen-bond donors (Lipinski definition) is 1. The standard InChI is InChI=1S/C23H21ClN2O3/c1-29-19-9-8-16-10-15(6-7-17(16)11-19)13-25-23(28)18-12-22(27)26(14-18)21-5-3-2-4-20(21)24/h2-11,18H,12-14H2,1H3,(H,25,28). The van der Waals surface area contributed by atoms with E-state index in [2.05, 4.69) is 5.32 Å². The SMILES string of the molecule is COc1ccc2cc(CNC(=O)C3CC(=O)N(c4ccccc4Cl)C3)ccc2c1. The van der Waals surface area contributed by atoms with Gasteiger partial charge in [0.05, 0.1) is 23.7 Å². The molecule has 0 bridgehead atoms. The molecule has 0 saturated carbocycles. The highest BCUT2D eigenvalue weighted by molar-refractivity contribution is 6.33. The molecule has 1 saturated heterocycles. The average molecular weight is 409 g/mol. The Labute approximate surface area is 174 Å². The molecule has 0 radical (unpaired) electrons. The van der Waals surface area contributed by atoms with Gasteiger partial charge in [-0.05, 0) is 46.7 Å². The third-order valence-corrected chi connectivity index (χ3v) is 5.54. The number of benzene rings is 3. The first-order chi connectivity index (χ1) is 14.0. The monoisotopic (exact) mass is 408 g/mol. The second kappa shape index (κ2) is 8.13. The number of rotatable bonds is 5. The van der Waals surface area contributed by atoms with Crippen LogP contribution in [0.2, 0.25) is 5.02 Å². The zero-order chi connectivity index (χ0) is 20.4. The summed E-state index contributed by atoms with van der Waals surface area (Å²) in [6, 6.07) is 19.1. The highest BCUT2D eigenvalue weighted by Crippen LogP contribution is 2.31. The van der Waals surface area contributed by atoms with E-state index in [0.717, 1.165) is 22.1 Å². The number of halogens is 1. The maximum Gasteiger partial charge on any atom is 0.227 e. The Kier molecular flexibility index (Phi) is 5.41. The molecule has 1 N–H and O–H groups in total. The first-order valence-electron chi connectivity index (χ1n) is 9.44. The van der Waals surface area contributed by atoms with Crippen LogP contribution in [0.25, 0.3) is 10.8 Å². The number of nitrogens with one attached hydrogen (secondary N) is 1. The van der Waals surface area contributed by atoms with E-state index in [4.69, 9.17) is 16.3 Å². The molecule has 3 aromatic carbocycles. The summed E-state index contributed by atoms with van der Waals surface area (Å²) in [6.07, 6.45) is 0.189. The Morgan fingerprint density at radius 1 is 1.14 bits per heavy atom. The number of hydrogen-bond acceptors (Lipinski definition) is 3. The van der Waals surface area contributed by atoms with Gasteiger partial charge in [0.25, 0.3) is 0 Å². The van der Waals surface area contributed by atoms with E-state index in [1.165, 1.54) is 0 Å². The molecule has 5 nitrogen and oxygen atoms in total. The van der Waals surface area contributed by atoms with Crippen LogP contribution in [0.1, 0.15) is 12.0 Å². The van der Waals surface area contributed by atoms with Gasteiger partial charge in [-0.2, -0.15) is 0 Å². The van der Waals surface area contributed by atoms with Gasteiger partial charge >= 0.3 is 0 Å². The smallest absolute Gasteiger partial charge is 0.227 e. The van der Waals surface area contributed by atoms with Crippen molar-refractivity contribution in [2.45, 2.75) is 13.0 Å². The van der Waals surface area contributed by atoms with Gasteiger partial charge in [0, 0.05) is 19.5 Å². The van der Waals surface area contributed by atoms with Crippen LogP contribution < -0.4 is 15.0 Å². The van der Waals surface area contributed by atoms with Crippen LogP contribution in [0.3, 0.4) is 0 Å². The van der Waals surface area contributed by atoms with Crippen molar-refractivity contribution in [3.63, 3.8) is 0 Å². The van der Waals surface area contributed by atoms with E-state index in [-0.39, 0.29) is 24.2 Å². The van der Waals surface area contributed by atoms with Gasteiger partial charge in [0.15, 0.2) is 0 Å². The first kappa shape index (κ1) is 19.3. The van der Waals surface area contributed by atoms with Crippen molar-refractivity contribution in [3.05, 3.63) is 71.2 Å². The van der Waals surface area contributed by atoms with Crippen LogP contribution in [-0.2, 0) is 16.1 Å². The zero-order valence-electron chi connectivity index (χ0n) is 16.0. The number of carbonyl (C=O) groups is 2. The Hall–Kier alpha value is -3.05. The lowest BCUT2D eigenvalue weighted by atomic mass is 10.1. The summed E-state index contributed by atoms with van der Waals surface area (Å²) in [5.74, 6) is 0.219. The lowest BCUT2D eigenvalue weighted by Crippen LogP contribution is -2.32. The van der Waals surface area contributed by atoms with Crippen molar-refractivity contribution in [1.29, 1.82) is 0 Å². The van der Waals surface area contributed by atoms with Crippen LogP contribution in [-0.4, -0.2) is 25.5 Å². The van der Waals surface area contributed by atoms with E-state index < -0.39 is 0 Å². The number of nitrogens with zero attached hydrogens (tertiary/aromatic N) is 1. The second-order valence-electron chi connectivity index (χ2n) is 7.12. The van der Waals surface area contributed by atoms with Gasteiger partial charge in [0.1, 0.15) is 5.75 Å². The van der Waals surface area contributed by atoms with Crippen molar-refractivity contribution in [3.8, 4) is 5.75 Å². The molecule has 1 aliphatic heterocycles. The summed E-state index contributed by atoms with van der Waals surface area (Å²) >= 11 is 6.20. The number of ether oxygens (including phenoxy) is 1. The average Bonchev–Trinajstić information content (AvgIpc) is 3.13. The molecule has 1 aliphatic rings. The second-order valence-corrected chi connectivity index (χ2v) is 7.53. The maximum absolute atomic E-state index is 12.6. The molecule has 4 rings (SSSR count). The molecule has 0 aromatic heterocycles. The van der Waals surface area contributed by atoms with Gasteiger partial charge in [-0.25, -0.2) is 0 Å². The molecule has 0 spiro atoms. The molecule has 1 unspecified atom stereocenters. The third kappa shape index (κ3) is 4.05. The van der Waals surface area contributed by atoms with Crippen LogP contribution in [0.5, 0.6) is 5.75 Å². The minimum atomic E-state index is -0.386. The Balaban J connectivity index is 1.40. The Morgan fingerprint density at radius 3 is 2.69 bits per heavy atom. The minimum absolute atomic E-state index is 0.0853. The predicted octanol–water partition coefficient (Wildman–Crippen LogP) is 4.17. The fourth-order valence-corrected chi connectivity index (χ4v) is 3.87. The topological polar surface area (TPSA) is 58.6 Å². The number of amides is 2. The van der Waals surface area contributed by atoms with E-state index in [0.29, 0.717) is 23.8 Å². The van der Waals surface area contributed by atoms with Gasteiger partial charge in [0.2, 0.25) is 11.8 Å². The van der Waals surface area contributed by atoms with E-state index in [9.17, 15) is 9.59 Å². The van der Waals surface area contributed by atoms with Crippen molar-refractivity contribution in [1.82, 2.24) is 5.32 Å². The summed E-state index contributed by atoms with van der Waals surface area (Å²) in [5.41, 5.74) is 1.66. The summed E-state index contributed by atoms with van der Waals surface area (Å²) in [4.78, 5) is 26.6. The van der Waals surface area contributed by atoms with Crippen LogP contribution >= 0.6 is 11.6 Å². The number of carbonyl (C=O) groups excluding carboxylic acids is 2. The largest absolute Gasteiger partial charge is 0.497 e. The molecule has 29 heavy (non-hydrogen) atoms. The molecule has 0 aliphatic carbocycles. The summed E-state index contributed by atoms with van der Waals surface area (Å²) in [6.45, 7) is 0.753. The fourth-order valence-electron chi connectivity index (χ4n) is 3.63. The normalized spacial score (nSPS) is 16.3. The maximum atomic E-state index is 12.6. The van der Waals surface area contributed by atoms with Gasteiger partial charge in [-0.1, -0.05) is 41.9 Å². The van der Waals surface area contributed by atoms with Crippen molar-refractivity contribution < 1.29 is 14.3 Å². The van der Waals surface area contributed by atoms with E-state index in [1.807, 2.05) is 48.5 Å². The van der Waals surface area contributed by atoms with Crippen molar-refractivity contribution >= 4 is 39.9 Å². The third-order valence-electron chi connectivity index (χ3n) is 5.22. The summed E-state index contributed by atoms with van der Waals surface area (Å²) in [5, 5.41) is 5.63. The molecule has 2 amide bonds. The van der Waals surface area contributed by atoms with Crippen molar-refractivity contribution in [2.24, 2.45) is 5.92 Å². The predicted molar refractivity (Wildman–Crippen MR) is 114 cm³/mol. The lowest BCUT2D eigenvalue weighted by Gasteiger charge is -2.18. The number of para-hydroxylation sites is 1. The highest BCUT2D eigenvalue weighted by Gasteiger charge is 2.35. The lowest BCUT2D eigenvalue weighted by molar-refractivity contribution is -0.126. The van der Waals surface area contributed by atoms with Crippen LogP contribution in [0.4, 0.5) is 5.69 Å². The van der Waals surface area contributed by atoms with Gasteiger partial charge < -0.3 is 15.0 Å². The molecule has 3 aromatic rings. The van der Waals surface area contributed by atoms with E-state index >= 15 is 0 Å². The molecular formula is C23H21ClN2O3. The molecule has 1 atom stereocenters. The Morgan fingerprint density at radius 2 is 1.90 bits per heavy atom. The molecule has 1 fully saturated rings. The van der Waals surface area contributed by atoms with E-state index in [1.54, 1.807) is 24.1 Å².